The quantitative estimate of drug-likeness (QED) is 0.782. The maximum absolute atomic E-state index is 13.0. The van der Waals surface area contributed by atoms with Crippen LogP contribution < -0.4 is 10.6 Å². The van der Waals surface area contributed by atoms with Crippen molar-refractivity contribution in [3.8, 4) is 0 Å². The number of carbonyl (C=O) groups excluding carboxylic acids is 1. The number of urea groups is 1. The third-order valence-electron chi connectivity index (χ3n) is 2.49. The third-order valence-corrected chi connectivity index (χ3v) is 2.78. The molecule has 0 unspecified atom stereocenters. The molecule has 7 heteroatoms. The molecule has 20 heavy (non-hydrogen) atoms. The van der Waals surface area contributed by atoms with Crippen molar-refractivity contribution < 1.29 is 19.1 Å². The van der Waals surface area contributed by atoms with Gasteiger partial charge in [0.25, 0.3) is 0 Å². The van der Waals surface area contributed by atoms with Gasteiger partial charge in [-0.05, 0) is 30.5 Å². The molecule has 0 saturated carbocycles. The summed E-state index contributed by atoms with van der Waals surface area (Å²) >= 11 is 5.58. The van der Waals surface area contributed by atoms with Gasteiger partial charge in [0.05, 0.1) is 5.02 Å². The van der Waals surface area contributed by atoms with Gasteiger partial charge >= 0.3 is 12.0 Å². The summed E-state index contributed by atoms with van der Waals surface area (Å²) in [6, 6.07) is 2.03. The minimum Gasteiger partial charge on any atom is -0.480 e. The largest absolute Gasteiger partial charge is 0.480 e. The van der Waals surface area contributed by atoms with Gasteiger partial charge in [-0.15, -0.1) is 0 Å². The zero-order chi connectivity index (χ0) is 15.3. The first-order valence-electron chi connectivity index (χ1n) is 6.05. The zero-order valence-corrected chi connectivity index (χ0v) is 11.9. The Morgan fingerprint density at radius 1 is 1.40 bits per heavy atom. The first-order chi connectivity index (χ1) is 9.29. The summed E-state index contributed by atoms with van der Waals surface area (Å²) < 4.78 is 13.0. The molecule has 1 atom stereocenters. The maximum atomic E-state index is 13.0. The second-order valence-corrected chi connectivity index (χ2v) is 5.15. The van der Waals surface area contributed by atoms with Crippen LogP contribution in [0, 0.1) is 11.7 Å². The fraction of sp³-hybridized carbons (Fsp3) is 0.385. The highest BCUT2D eigenvalue weighted by atomic mass is 35.5. The third kappa shape index (κ3) is 5.05. The number of anilines is 1. The smallest absolute Gasteiger partial charge is 0.326 e. The number of rotatable bonds is 5. The van der Waals surface area contributed by atoms with E-state index in [2.05, 4.69) is 10.6 Å². The van der Waals surface area contributed by atoms with Crippen LogP contribution in [0.1, 0.15) is 20.3 Å². The Balaban J connectivity index is 2.65. The fourth-order valence-corrected chi connectivity index (χ4v) is 1.77. The highest BCUT2D eigenvalue weighted by Crippen LogP contribution is 2.19. The summed E-state index contributed by atoms with van der Waals surface area (Å²) in [6.45, 7) is 3.71. The molecular weight excluding hydrogens is 287 g/mol. The number of carboxylic acid groups (broad SMARTS) is 1. The van der Waals surface area contributed by atoms with E-state index in [9.17, 15) is 14.0 Å². The highest BCUT2D eigenvalue weighted by molar-refractivity contribution is 6.31. The van der Waals surface area contributed by atoms with Crippen molar-refractivity contribution >= 4 is 29.3 Å². The molecule has 3 N–H and O–H groups in total. The zero-order valence-electron chi connectivity index (χ0n) is 11.1. The van der Waals surface area contributed by atoms with Crippen molar-refractivity contribution in [2.24, 2.45) is 5.92 Å². The van der Waals surface area contributed by atoms with Gasteiger partial charge in [-0.2, -0.15) is 0 Å². The minimum absolute atomic E-state index is 0.122. The molecule has 0 saturated heterocycles. The van der Waals surface area contributed by atoms with Crippen molar-refractivity contribution in [3.05, 3.63) is 29.0 Å². The first kappa shape index (κ1) is 16.2. The SMILES string of the molecule is CC(C)C[C@H](NC(=O)Nc1ccc(F)c(Cl)c1)C(=O)O. The molecule has 0 heterocycles. The predicted molar refractivity (Wildman–Crippen MR) is 74.4 cm³/mol. The van der Waals surface area contributed by atoms with E-state index in [0.29, 0.717) is 6.42 Å². The lowest BCUT2D eigenvalue weighted by Gasteiger charge is -2.17. The number of carbonyl (C=O) groups is 2. The monoisotopic (exact) mass is 302 g/mol. The Morgan fingerprint density at radius 2 is 2.05 bits per heavy atom. The van der Waals surface area contributed by atoms with Gasteiger partial charge in [0.2, 0.25) is 0 Å². The van der Waals surface area contributed by atoms with Gasteiger partial charge in [-0.1, -0.05) is 25.4 Å². The summed E-state index contributed by atoms with van der Waals surface area (Å²) in [5.74, 6) is -1.58. The van der Waals surface area contributed by atoms with Gasteiger partial charge in [0.1, 0.15) is 11.9 Å². The van der Waals surface area contributed by atoms with Gasteiger partial charge in [0, 0.05) is 5.69 Å². The molecular formula is C13H16ClFN2O3. The Bertz CT molecular complexity index is 508. The van der Waals surface area contributed by atoms with E-state index in [-0.39, 0.29) is 16.6 Å². The van der Waals surface area contributed by atoms with Crippen LogP contribution in [-0.2, 0) is 4.79 Å². The molecule has 0 radical (unpaired) electrons. The molecule has 2 amide bonds. The lowest BCUT2D eigenvalue weighted by molar-refractivity contribution is -0.139. The predicted octanol–water partition coefficient (Wildman–Crippen LogP) is 3.10. The van der Waals surface area contributed by atoms with Crippen molar-refractivity contribution in [2.75, 3.05) is 5.32 Å². The second-order valence-electron chi connectivity index (χ2n) is 4.75. The molecule has 5 nitrogen and oxygen atoms in total. The van der Waals surface area contributed by atoms with Gasteiger partial charge < -0.3 is 15.7 Å². The molecule has 110 valence electrons. The van der Waals surface area contributed by atoms with E-state index in [4.69, 9.17) is 16.7 Å². The molecule has 0 aliphatic heterocycles. The van der Waals surface area contributed by atoms with E-state index in [1.807, 2.05) is 13.8 Å². The molecule has 0 fully saturated rings. The molecule has 0 aliphatic rings. The topological polar surface area (TPSA) is 78.4 Å². The van der Waals surface area contributed by atoms with E-state index in [0.717, 1.165) is 6.07 Å². The van der Waals surface area contributed by atoms with Crippen LogP contribution in [0.15, 0.2) is 18.2 Å². The molecule has 0 spiro atoms. The Kier molecular flexibility index (Phi) is 5.76. The second kappa shape index (κ2) is 7.09. The summed E-state index contributed by atoms with van der Waals surface area (Å²) in [5.41, 5.74) is 0.280. The van der Waals surface area contributed by atoms with Gasteiger partial charge in [-0.25, -0.2) is 14.0 Å². The van der Waals surface area contributed by atoms with E-state index in [1.165, 1.54) is 12.1 Å². The van der Waals surface area contributed by atoms with Gasteiger partial charge in [0.15, 0.2) is 0 Å². The fourth-order valence-electron chi connectivity index (χ4n) is 1.59. The molecule has 1 aromatic rings. The van der Waals surface area contributed by atoms with E-state index in [1.54, 1.807) is 0 Å². The van der Waals surface area contributed by atoms with Crippen LogP contribution in [0.5, 0.6) is 0 Å². The molecule has 1 rings (SSSR count). The molecule has 0 aliphatic carbocycles. The standard InChI is InChI=1S/C13H16ClFN2O3/c1-7(2)5-11(12(18)19)17-13(20)16-8-3-4-10(15)9(14)6-8/h3-4,6-7,11H,5H2,1-2H3,(H,18,19)(H2,16,17,20)/t11-/m0/s1. The summed E-state index contributed by atoms with van der Waals surface area (Å²) in [4.78, 5) is 22.7. The van der Waals surface area contributed by atoms with E-state index < -0.39 is 23.9 Å². The van der Waals surface area contributed by atoms with Crippen LogP contribution in [0.4, 0.5) is 14.9 Å². The van der Waals surface area contributed by atoms with Crippen molar-refractivity contribution in [3.63, 3.8) is 0 Å². The number of amides is 2. The molecule has 1 aromatic carbocycles. The minimum atomic E-state index is -1.11. The van der Waals surface area contributed by atoms with Crippen molar-refractivity contribution in [2.45, 2.75) is 26.3 Å². The summed E-state index contributed by atoms with van der Waals surface area (Å²) in [5, 5.41) is 13.6. The summed E-state index contributed by atoms with van der Waals surface area (Å²) in [6.07, 6.45) is 0.312. The number of hydrogen-bond acceptors (Lipinski definition) is 2. The summed E-state index contributed by atoms with van der Waals surface area (Å²) in [7, 11) is 0. The number of nitrogens with one attached hydrogen (secondary N) is 2. The lowest BCUT2D eigenvalue weighted by Crippen LogP contribution is -2.43. The van der Waals surface area contributed by atoms with Gasteiger partial charge in [-0.3, -0.25) is 0 Å². The van der Waals surface area contributed by atoms with Crippen LogP contribution in [0.3, 0.4) is 0 Å². The Morgan fingerprint density at radius 3 is 2.55 bits per heavy atom. The van der Waals surface area contributed by atoms with Crippen LogP contribution in [-0.4, -0.2) is 23.1 Å². The number of hydrogen-bond donors (Lipinski definition) is 3. The number of halogens is 2. The number of benzene rings is 1. The van der Waals surface area contributed by atoms with Crippen LogP contribution in [0.25, 0.3) is 0 Å². The maximum Gasteiger partial charge on any atom is 0.326 e. The number of carboxylic acids is 1. The lowest BCUT2D eigenvalue weighted by atomic mass is 10.0. The average Bonchev–Trinajstić information content (AvgIpc) is 2.32. The Hall–Kier alpha value is -1.82. The number of aliphatic carboxylic acids is 1. The highest BCUT2D eigenvalue weighted by Gasteiger charge is 2.21. The molecule has 0 bridgehead atoms. The normalized spacial score (nSPS) is 12.1. The molecule has 0 aromatic heterocycles. The Labute approximate surface area is 121 Å². The van der Waals surface area contributed by atoms with Crippen LogP contribution in [0.2, 0.25) is 5.02 Å². The van der Waals surface area contributed by atoms with E-state index >= 15 is 0 Å². The first-order valence-corrected chi connectivity index (χ1v) is 6.42. The van der Waals surface area contributed by atoms with Crippen molar-refractivity contribution in [1.82, 2.24) is 5.32 Å². The average molecular weight is 303 g/mol. The van der Waals surface area contributed by atoms with Crippen LogP contribution >= 0.6 is 11.6 Å². The van der Waals surface area contributed by atoms with Crippen molar-refractivity contribution in [1.29, 1.82) is 0 Å².